The molecular formula is C10H14FN3O4S. The summed E-state index contributed by atoms with van der Waals surface area (Å²) in [6.07, 6.45) is 1.05. The van der Waals surface area contributed by atoms with Crippen LogP contribution in [0.15, 0.2) is 18.2 Å². The smallest absolute Gasteiger partial charge is 0.304 e. The van der Waals surface area contributed by atoms with Crippen LogP contribution in [0.25, 0.3) is 0 Å². The third-order valence-corrected chi connectivity index (χ3v) is 2.93. The Labute approximate surface area is 110 Å². The zero-order valence-corrected chi connectivity index (χ0v) is 11.0. The van der Waals surface area contributed by atoms with Crippen LogP contribution in [-0.2, 0) is 16.6 Å². The molecule has 19 heavy (non-hydrogen) atoms. The molecular weight excluding hydrogens is 277 g/mol. The summed E-state index contributed by atoms with van der Waals surface area (Å²) >= 11 is 0. The fourth-order valence-electron chi connectivity index (χ4n) is 1.37. The molecule has 7 nitrogen and oxygen atoms in total. The third kappa shape index (κ3) is 5.73. The van der Waals surface area contributed by atoms with Crippen LogP contribution in [0.3, 0.4) is 0 Å². The molecule has 0 saturated carbocycles. The van der Waals surface area contributed by atoms with E-state index < -0.39 is 26.5 Å². The molecule has 0 aromatic heterocycles. The molecule has 0 atom stereocenters. The van der Waals surface area contributed by atoms with E-state index in [9.17, 15) is 22.9 Å². The van der Waals surface area contributed by atoms with Crippen LogP contribution in [0, 0.1) is 15.9 Å². The number of sulfonamides is 1. The summed E-state index contributed by atoms with van der Waals surface area (Å²) in [7, 11) is -3.22. The summed E-state index contributed by atoms with van der Waals surface area (Å²) in [6, 6.07) is 3.62. The Hall–Kier alpha value is -1.58. The second-order valence-corrected chi connectivity index (χ2v) is 5.72. The zero-order chi connectivity index (χ0) is 14.5. The summed E-state index contributed by atoms with van der Waals surface area (Å²) in [5.74, 6) is -0.890. The molecule has 0 unspecified atom stereocenters. The van der Waals surface area contributed by atoms with Crippen molar-refractivity contribution < 1.29 is 17.7 Å². The van der Waals surface area contributed by atoms with Crippen LogP contribution in [0.5, 0.6) is 0 Å². The molecule has 1 aromatic rings. The van der Waals surface area contributed by atoms with Crippen molar-refractivity contribution in [3.05, 3.63) is 39.7 Å². The molecule has 9 heteroatoms. The molecule has 0 heterocycles. The van der Waals surface area contributed by atoms with Gasteiger partial charge in [0.1, 0.15) is 0 Å². The van der Waals surface area contributed by atoms with Gasteiger partial charge in [0.15, 0.2) is 0 Å². The van der Waals surface area contributed by atoms with Crippen molar-refractivity contribution in [3.8, 4) is 0 Å². The lowest BCUT2D eigenvalue weighted by Crippen LogP contribution is -2.30. The van der Waals surface area contributed by atoms with E-state index in [0.717, 1.165) is 18.4 Å². The lowest BCUT2D eigenvalue weighted by atomic mass is 10.2. The number of nitro groups is 1. The first-order valence-electron chi connectivity index (χ1n) is 5.38. The maximum Gasteiger partial charge on any atom is 0.304 e. The number of hydrogen-bond donors (Lipinski definition) is 2. The minimum Gasteiger partial charge on any atom is -0.311 e. The minimum atomic E-state index is -3.22. The maximum atomic E-state index is 13.3. The highest BCUT2D eigenvalue weighted by Crippen LogP contribution is 2.17. The van der Waals surface area contributed by atoms with E-state index in [-0.39, 0.29) is 6.54 Å². The van der Waals surface area contributed by atoms with Crippen LogP contribution in [-0.4, -0.2) is 32.7 Å². The van der Waals surface area contributed by atoms with Gasteiger partial charge in [-0.1, -0.05) is 6.07 Å². The summed E-state index contributed by atoms with van der Waals surface area (Å²) in [5, 5.41) is 13.3. The number of halogens is 1. The summed E-state index contributed by atoms with van der Waals surface area (Å²) in [4.78, 5) is 9.62. The Kier molecular flexibility index (Phi) is 5.33. The third-order valence-electron chi connectivity index (χ3n) is 2.20. The second-order valence-electron chi connectivity index (χ2n) is 3.89. The summed E-state index contributed by atoms with van der Waals surface area (Å²) < 4.78 is 37.1. The normalized spacial score (nSPS) is 11.5. The SMILES string of the molecule is CS(=O)(=O)NCCNCc1ccc([N+](=O)[O-])c(F)c1. The van der Waals surface area contributed by atoms with Crippen LogP contribution in [0.2, 0.25) is 0 Å². The molecule has 0 spiro atoms. The molecule has 0 saturated heterocycles. The van der Waals surface area contributed by atoms with Crippen LogP contribution >= 0.6 is 0 Å². The highest BCUT2D eigenvalue weighted by atomic mass is 32.2. The van der Waals surface area contributed by atoms with Gasteiger partial charge in [-0.3, -0.25) is 10.1 Å². The number of nitrogens with zero attached hydrogens (tertiary/aromatic N) is 1. The highest BCUT2D eigenvalue weighted by molar-refractivity contribution is 7.88. The average molecular weight is 291 g/mol. The van der Waals surface area contributed by atoms with E-state index in [4.69, 9.17) is 0 Å². The van der Waals surface area contributed by atoms with Gasteiger partial charge in [0, 0.05) is 25.7 Å². The Bertz CT molecular complexity index is 562. The number of benzene rings is 1. The molecule has 0 bridgehead atoms. The van der Waals surface area contributed by atoms with Crippen LogP contribution < -0.4 is 10.0 Å². The summed E-state index contributed by atoms with van der Waals surface area (Å²) in [6.45, 7) is 0.875. The van der Waals surface area contributed by atoms with Crippen molar-refractivity contribution >= 4 is 15.7 Å². The molecule has 1 rings (SSSR count). The van der Waals surface area contributed by atoms with Crippen molar-refractivity contribution in [3.63, 3.8) is 0 Å². The van der Waals surface area contributed by atoms with E-state index in [0.29, 0.717) is 18.7 Å². The van der Waals surface area contributed by atoms with Gasteiger partial charge < -0.3 is 5.32 Å². The first-order chi connectivity index (χ1) is 8.79. The molecule has 106 valence electrons. The zero-order valence-electron chi connectivity index (χ0n) is 10.2. The van der Waals surface area contributed by atoms with Crippen molar-refractivity contribution in [2.75, 3.05) is 19.3 Å². The molecule has 0 amide bonds. The van der Waals surface area contributed by atoms with Gasteiger partial charge in [0.2, 0.25) is 15.8 Å². The largest absolute Gasteiger partial charge is 0.311 e. The highest BCUT2D eigenvalue weighted by Gasteiger charge is 2.13. The van der Waals surface area contributed by atoms with Crippen molar-refractivity contribution in [1.29, 1.82) is 0 Å². The molecule has 2 N–H and O–H groups in total. The molecule has 0 aliphatic rings. The average Bonchev–Trinajstić information content (AvgIpc) is 2.26. The quantitative estimate of drug-likeness (QED) is 0.429. The fraction of sp³-hybridized carbons (Fsp3) is 0.400. The molecule has 0 radical (unpaired) electrons. The first-order valence-corrected chi connectivity index (χ1v) is 7.27. The maximum absolute atomic E-state index is 13.3. The van der Waals surface area contributed by atoms with Crippen molar-refractivity contribution in [2.24, 2.45) is 0 Å². The van der Waals surface area contributed by atoms with E-state index >= 15 is 0 Å². The molecule has 0 fully saturated rings. The Morgan fingerprint density at radius 2 is 2.05 bits per heavy atom. The molecule has 1 aromatic carbocycles. The Morgan fingerprint density at radius 3 is 2.58 bits per heavy atom. The second kappa shape index (κ2) is 6.55. The number of hydrogen-bond acceptors (Lipinski definition) is 5. The van der Waals surface area contributed by atoms with Crippen molar-refractivity contribution in [2.45, 2.75) is 6.54 Å². The van der Waals surface area contributed by atoms with Gasteiger partial charge in [0.25, 0.3) is 0 Å². The monoisotopic (exact) mass is 291 g/mol. The van der Waals surface area contributed by atoms with Crippen molar-refractivity contribution in [1.82, 2.24) is 10.0 Å². The van der Waals surface area contributed by atoms with Gasteiger partial charge in [-0.2, -0.15) is 4.39 Å². The lowest BCUT2D eigenvalue weighted by Gasteiger charge is -2.05. The topological polar surface area (TPSA) is 101 Å². The predicted molar refractivity (Wildman–Crippen MR) is 67.6 cm³/mol. The Morgan fingerprint density at radius 1 is 1.37 bits per heavy atom. The standard InChI is InChI=1S/C10H14FN3O4S/c1-19(17,18)13-5-4-12-7-8-2-3-10(14(15)16)9(11)6-8/h2-3,6,12-13H,4-5,7H2,1H3. The lowest BCUT2D eigenvalue weighted by molar-refractivity contribution is -0.387. The van der Waals surface area contributed by atoms with Crippen LogP contribution in [0.1, 0.15) is 5.56 Å². The number of nitro benzene ring substituents is 1. The van der Waals surface area contributed by atoms with Gasteiger partial charge in [0.05, 0.1) is 11.2 Å². The Balaban J connectivity index is 2.42. The van der Waals surface area contributed by atoms with Gasteiger partial charge in [-0.05, 0) is 11.6 Å². The van der Waals surface area contributed by atoms with Gasteiger partial charge in [-0.15, -0.1) is 0 Å². The van der Waals surface area contributed by atoms with E-state index in [2.05, 4.69) is 10.0 Å². The predicted octanol–water partition coefficient (Wildman–Crippen LogP) is 0.373. The van der Waals surface area contributed by atoms with E-state index in [1.54, 1.807) is 0 Å². The molecule has 0 aliphatic carbocycles. The van der Waals surface area contributed by atoms with Crippen LogP contribution in [0.4, 0.5) is 10.1 Å². The van der Waals surface area contributed by atoms with Gasteiger partial charge in [-0.25, -0.2) is 13.1 Å². The molecule has 0 aliphatic heterocycles. The van der Waals surface area contributed by atoms with E-state index in [1.807, 2.05) is 0 Å². The fourth-order valence-corrected chi connectivity index (χ4v) is 1.84. The minimum absolute atomic E-state index is 0.217. The van der Waals surface area contributed by atoms with Gasteiger partial charge >= 0.3 is 5.69 Å². The first kappa shape index (κ1) is 15.5. The summed E-state index contributed by atoms with van der Waals surface area (Å²) in [5.41, 5.74) is -0.0232. The van der Waals surface area contributed by atoms with E-state index in [1.165, 1.54) is 6.07 Å². The number of rotatable bonds is 7. The number of nitrogens with one attached hydrogen (secondary N) is 2.